The van der Waals surface area contributed by atoms with Crippen LogP contribution in [0.3, 0.4) is 0 Å². The molecule has 1 atom stereocenters. The van der Waals surface area contributed by atoms with Crippen LogP contribution in [-0.2, 0) is 4.79 Å². The lowest BCUT2D eigenvalue weighted by atomic mass is 10.0. The SMILES string of the molecule is CC(Oc1ccc(F)cc1)C(=O)NCC1CNC1.Cl. The molecule has 1 aliphatic heterocycles. The highest BCUT2D eigenvalue weighted by molar-refractivity contribution is 5.85. The summed E-state index contributed by atoms with van der Waals surface area (Å²) < 4.78 is 18.1. The first kappa shape index (κ1) is 15.7. The first-order valence-corrected chi connectivity index (χ1v) is 6.06. The Labute approximate surface area is 118 Å². The highest BCUT2D eigenvalue weighted by Crippen LogP contribution is 2.13. The molecule has 0 aliphatic carbocycles. The molecule has 1 aromatic carbocycles. The molecule has 1 aromatic rings. The molecule has 2 rings (SSSR count). The molecule has 0 radical (unpaired) electrons. The molecule has 1 aliphatic rings. The van der Waals surface area contributed by atoms with Crippen LogP contribution in [0.15, 0.2) is 24.3 Å². The number of carbonyl (C=O) groups is 1. The number of hydrogen-bond acceptors (Lipinski definition) is 3. The van der Waals surface area contributed by atoms with Crippen LogP contribution < -0.4 is 15.4 Å². The molecule has 1 fully saturated rings. The smallest absolute Gasteiger partial charge is 0.260 e. The third-order valence-electron chi connectivity index (χ3n) is 2.93. The van der Waals surface area contributed by atoms with Crippen LogP contribution in [0, 0.1) is 11.7 Å². The Kier molecular flexibility index (Phi) is 6.05. The molecule has 0 spiro atoms. The van der Waals surface area contributed by atoms with Crippen LogP contribution in [0.5, 0.6) is 5.75 Å². The van der Waals surface area contributed by atoms with Crippen molar-refractivity contribution in [2.75, 3.05) is 19.6 Å². The monoisotopic (exact) mass is 288 g/mol. The molecular formula is C13H18ClFN2O2. The van der Waals surface area contributed by atoms with E-state index in [1.54, 1.807) is 6.92 Å². The molecule has 1 amide bonds. The zero-order valence-corrected chi connectivity index (χ0v) is 11.5. The Hall–Kier alpha value is -1.33. The summed E-state index contributed by atoms with van der Waals surface area (Å²) in [6.07, 6.45) is -0.580. The van der Waals surface area contributed by atoms with Crippen molar-refractivity contribution >= 4 is 18.3 Å². The van der Waals surface area contributed by atoms with Crippen molar-refractivity contribution in [1.82, 2.24) is 10.6 Å². The summed E-state index contributed by atoms with van der Waals surface area (Å²) in [5.74, 6) is 0.541. The van der Waals surface area contributed by atoms with E-state index in [1.807, 2.05) is 0 Å². The van der Waals surface area contributed by atoms with Crippen molar-refractivity contribution in [3.8, 4) is 5.75 Å². The van der Waals surface area contributed by atoms with Gasteiger partial charge >= 0.3 is 0 Å². The summed E-state index contributed by atoms with van der Waals surface area (Å²) in [6.45, 7) is 4.25. The lowest BCUT2D eigenvalue weighted by molar-refractivity contribution is -0.127. The van der Waals surface area contributed by atoms with Crippen molar-refractivity contribution in [3.05, 3.63) is 30.1 Å². The second kappa shape index (κ2) is 7.31. The van der Waals surface area contributed by atoms with Crippen LogP contribution in [0.1, 0.15) is 6.92 Å². The van der Waals surface area contributed by atoms with Crippen LogP contribution in [-0.4, -0.2) is 31.6 Å². The summed E-state index contributed by atoms with van der Waals surface area (Å²) >= 11 is 0. The molecule has 2 N–H and O–H groups in total. The van der Waals surface area contributed by atoms with Gasteiger partial charge in [0.1, 0.15) is 11.6 Å². The second-order valence-corrected chi connectivity index (χ2v) is 4.48. The summed E-state index contributed by atoms with van der Waals surface area (Å²) in [4.78, 5) is 11.7. The molecule has 1 heterocycles. The Balaban J connectivity index is 0.00000180. The largest absolute Gasteiger partial charge is 0.481 e. The molecular weight excluding hydrogens is 271 g/mol. The second-order valence-electron chi connectivity index (χ2n) is 4.48. The summed E-state index contributed by atoms with van der Waals surface area (Å²) in [5.41, 5.74) is 0. The van der Waals surface area contributed by atoms with E-state index in [4.69, 9.17) is 4.74 Å². The van der Waals surface area contributed by atoms with Crippen LogP contribution in [0.2, 0.25) is 0 Å². The maximum Gasteiger partial charge on any atom is 0.260 e. The topological polar surface area (TPSA) is 50.4 Å². The molecule has 19 heavy (non-hydrogen) atoms. The number of nitrogens with one attached hydrogen (secondary N) is 2. The van der Waals surface area contributed by atoms with Gasteiger partial charge in [-0.15, -0.1) is 12.4 Å². The van der Waals surface area contributed by atoms with E-state index in [1.165, 1.54) is 24.3 Å². The molecule has 0 saturated carbocycles. The van der Waals surface area contributed by atoms with Gasteiger partial charge < -0.3 is 15.4 Å². The fraction of sp³-hybridized carbons (Fsp3) is 0.462. The number of hydrogen-bond donors (Lipinski definition) is 2. The van der Waals surface area contributed by atoms with E-state index < -0.39 is 6.10 Å². The van der Waals surface area contributed by atoms with Gasteiger partial charge in [-0.3, -0.25) is 4.79 Å². The minimum absolute atomic E-state index is 0. The Morgan fingerprint density at radius 3 is 2.63 bits per heavy atom. The third-order valence-corrected chi connectivity index (χ3v) is 2.93. The standard InChI is InChI=1S/C13H17FN2O2.ClH/c1-9(13(17)16-8-10-6-15-7-10)18-12-4-2-11(14)3-5-12;/h2-5,9-10,15H,6-8H2,1H3,(H,16,17);1H. The quantitative estimate of drug-likeness (QED) is 0.860. The van der Waals surface area contributed by atoms with E-state index in [2.05, 4.69) is 10.6 Å². The van der Waals surface area contributed by atoms with E-state index in [-0.39, 0.29) is 24.1 Å². The molecule has 0 bridgehead atoms. The van der Waals surface area contributed by atoms with Gasteiger partial charge in [0.05, 0.1) is 0 Å². The van der Waals surface area contributed by atoms with Crippen molar-refractivity contribution in [3.63, 3.8) is 0 Å². The summed E-state index contributed by atoms with van der Waals surface area (Å²) in [7, 11) is 0. The Morgan fingerprint density at radius 2 is 2.11 bits per heavy atom. The number of halogens is 2. The summed E-state index contributed by atoms with van der Waals surface area (Å²) in [6, 6.07) is 5.63. The highest BCUT2D eigenvalue weighted by atomic mass is 35.5. The van der Waals surface area contributed by atoms with Crippen LogP contribution >= 0.6 is 12.4 Å². The maximum absolute atomic E-state index is 12.7. The van der Waals surface area contributed by atoms with Gasteiger partial charge in [0, 0.05) is 25.6 Å². The zero-order chi connectivity index (χ0) is 13.0. The molecule has 106 valence electrons. The Morgan fingerprint density at radius 1 is 1.47 bits per heavy atom. The Bertz CT molecular complexity index is 410. The molecule has 6 heteroatoms. The first-order valence-electron chi connectivity index (χ1n) is 6.06. The van der Waals surface area contributed by atoms with E-state index in [9.17, 15) is 9.18 Å². The van der Waals surface area contributed by atoms with Gasteiger partial charge in [0.15, 0.2) is 6.10 Å². The van der Waals surface area contributed by atoms with E-state index in [0.717, 1.165) is 13.1 Å². The van der Waals surface area contributed by atoms with Crippen molar-refractivity contribution in [2.45, 2.75) is 13.0 Å². The van der Waals surface area contributed by atoms with Gasteiger partial charge in [-0.25, -0.2) is 4.39 Å². The first-order chi connectivity index (χ1) is 8.65. The minimum Gasteiger partial charge on any atom is -0.481 e. The molecule has 1 saturated heterocycles. The predicted molar refractivity (Wildman–Crippen MR) is 73.1 cm³/mol. The van der Waals surface area contributed by atoms with Gasteiger partial charge in [0.2, 0.25) is 0 Å². The van der Waals surface area contributed by atoms with Crippen molar-refractivity contribution in [1.29, 1.82) is 0 Å². The van der Waals surface area contributed by atoms with Gasteiger partial charge in [-0.05, 0) is 31.2 Å². The van der Waals surface area contributed by atoms with Crippen molar-refractivity contribution in [2.24, 2.45) is 5.92 Å². The van der Waals surface area contributed by atoms with Gasteiger partial charge in [-0.2, -0.15) is 0 Å². The number of benzene rings is 1. The predicted octanol–water partition coefficient (Wildman–Crippen LogP) is 1.35. The average molecular weight is 289 g/mol. The highest BCUT2D eigenvalue weighted by Gasteiger charge is 2.20. The minimum atomic E-state index is -0.580. The number of carbonyl (C=O) groups excluding carboxylic acids is 1. The maximum atomic E-state index is 12.7. The zero-order valence-electron chi connectivity index (χ0n) is 10.7. The van der Waals surface area contributed by atoms with E-state index in [0.29, 0.717) is 18.2 Å². The van der Waals surface area contributed by atoms with E-state index >= 15 is 0 Å². The lowest BCUT2D eigenvalue weighted by Crippen LogP contribution is -2.49. The molecule has 1 unspecified atom stereocenters. The number of amides is 1. The third kappa shape index (κ3) is 4.69. The average Bonchev–Trinajstić information content (AvgIpc) is 2.30. The summed E-state index contributed by atoms with van der Waals surface area (Å²) in [5, 5.41) is 5.98. The van der Waals surface area contributed by atoms with Gasteiger partial charge in [-0.1, -0.05) is 0 Å². The number of ether oxygens (including phenoxy) is 1. The normalized spacial score (nSPS) is 15.9. The fourth-order valence-corrected chi connectivity index (χ4v) is 1.65. The fourth-order valence-electron chi connectivity index (χ4n) is 1.65. The van der Waals surface area contributed by atoms with Crippen molar-refractivity contribution < 1.29 is 13.9 Å². The lowest BCUT2D eigenvalue weighted by Gasteiger charge is -2.27. The van der Waals surface area contributed by atoms with Crippen LogP contribution in [0.4, 0.5) is 4.39 Å². The van der Waals surface area contributed by atoms with Crippen LogP contribution in [0.25, 0.3) is 0 Å². The number of rotatable bonds is 5. The molecule has 0 aromatic heterocycles. The van der Waals surface area contributed by atoms with Gasteiger partial charge in [0.25, 0.3) is 5.91 Å². The molecule has 4 nitrogen and oxygen atoms in total.